The monoisotopic (exact) mass is 494 g/mol. The summed E-state index contributed by atoms with van der Waals surface area (Å²) in [4.78, 5) is 24.5. The molecule has 2 saturated heterocycles. The Balaban J connectivity index is 1.48. The van der Waals surface area contributed by atoms with Crippen LogP contribution in [-0.4, -0.2) is 46.8 Å². The van der Waals surface area contributed by atoms with Gasteiger partial charge >= 0.3 is 11.9 Å². The first kappa shape index (κ1) is 30.1. The van der Waals surface area contributed by atoms with Crippen LogP contribution in [0.1, 0.15) is 132 Å². The molecule has 2 aliphatic rings. The van der Waals surface area contributed by atoms with Crippen molar-refractivity contribution >= 4 is 11.9 Å². The summed E-state index contributed by atoms with van der Waals surface area (Å²) in [5.74, 6) is 0.294. The molecule has 204 valence electrons. The first-order valence-electron chi connectivity index (χ1n) is 14.0. The topological polar surface area (TPSA) is 76.7 Å². The van der Waals surface area contributed by atoms with Crippen LogP contribution in [0.4, 0.5) is 0 Å². The number of esters is 2. The highest BCUT2D eigenvalue weighted by atomic mass is 16.5. The van der Waals surface area contributed by atoms with Crippen molar-refractivity contribution in [2.24, 2.45) is 5.92 Å². The first-order valence-corrected chi connectivity index (χ1v) is 14.0. The van der Waals surface area contributed by atoms with Crippen LogP contribution in [0.2, 0.25) is 0 Å². The summed E-state index contributed by atoms with van der Waals surface area (Å²) in [7, 11) is 0. The molecule has 0 radical (unpaired) electrons. The molecular weight excluding hydrogens is 440 g/mol. The van der Waals surface area contributed by atoms with Crippen molar-refractivity contribution in [3.63, 3.8) is 0 Å². The lowest BCUT2D eigenvalue weighted by Gasteiger charge is -2.46. The van der Waals surface area contributed by atoms with Gasteiger partial charge in [0.25, 0.3) is 0 Å². The summed E-state index contributed by atoms with van der Waals surface area (Å²) < 4.78 is 11.4. The molecule has 6 nitrogen and oxygen atoms in total. The zero-order chi connectivity index (χ0) is 26.3. The summed E-state index contributed by atoms with van der Waals surface area (Å²) in [6.45, 7) is 18.1. The highest BCUT2D eigenvalue weighted by molar-refractivity contribution is 5.69. The molecule has 2 N–H and O–H groups in total. The van der Waals surface area contributed by atoms with Gasteiger partial charge in [0.15, 0.2) is 0 Å². The van der Waals surface area contributed by atoms with Crippen molar-refractivity contribution in [1.82, 2.24) is 10.6 Å². The Morgan fingerprint density at radius 2 is 1.03 bits per heavy atom. The smallest absolute Gasteiger partial charge is 0.306 e. The number of unbranched alkanes of at least 4 members (excludes halogenated alkanes) is 5. The minimum atomic E-state index is -0.0637. The number of carbonyl (C=O) groups excluding carboxylic acids is 2. The molecule has 2 aliphatic heterocycles. The van der Waals surface area contributed by atoms with Crippen molar-refractivity contribution in [3.05, 3.63) is 0 Å². The van der Waals surface area contributed by atoms with E-state index in [9.17, 15) is 9.59 Å². The zero-order valence-electron chi connectivity index (χ0n) is 24.0. The minimum Gasteiger partial charge on any atom is -0.465 e. The molecule has 6 heteroatoms. The molecule has 2 heterocycles. The fraction of sp³-hybridized carbons (Fsp3) is 0.931. The maximum atomic E-state index is 12.3. The van der Waals surface area contributed by atoms with Crippen LogP contribution in [0.5, 0.6) is 0 Å². The second kappa shape index (κ2) is 12.4. The number of hydrogen-bond acceptors (Lipinski definition) is 6. The Bertz CT molecular complexity index is 667. The van der Waals surface area contributed by atoms with Gasteiger partial charge < -0.3 is 20.1 Å². The Morgan fingerprint density at radius 3 is 1.51 bits per heavy atom. The van der Waals surface area contributed by atoms with Gasteiger partial charge in [-0.05, 0) is 87.0 Å². The van der Waals surface area contributed by atoms with Crippen molar-refractivity contribution in [1.29, 1.82) is 0 Å². The molecule has 0 bridgehead atoms. The fourth-order valence-corrected chi connectivity index (χ4v) is 6.74. The molecule has 0 unspecified atom stereocenters. The third-order valence-corrected chi connectivity index (χ3v) is 7.22. The van der Waals surface area contributed by atoms with Crippen LogP contribution in [0.25, 0.3) is 0 Å². The highest BCUT2D eigenvalue weighted by Crippen LogP contribution is 2.33. The normalized spacial score (nSPS) is 23.5. The molecule has 35 heavy (non-hydrogen) atoms. The predicted molar refractivity (Wildman–Crippen MR) is 142 cm³/mol. The fourth-order valence-electron chi connectivity index (χ4n) is 6.74. The van der Waals surface area contributed by atoms with Crippen LogP contribution >= 0.6 is 0 Å². The summed E-state index contributed by atoms with van der Waals surface area (Å²) in [6.07, 6.45) is 10.8. The molecule has 2 fully saturated rings. The van der Waals surface area contributed by atoms with Gasteiger partial charge in [-0.25, -0.2) is 0 Å². The van der Waals surface area contributed by atoms with Crippen LogP contribution in [0.15, 0.2) is 0 Å². The van der Waals surface area contributed by atoms with Gasteiger partial charge in [0.05, 0.1) is 6.61 Å². The standard InChI is InChI=1S/C29H54N2O4/c1-26(2)17-22(18-27(3,4)30-26)21-34-24(32)15-13-11-9-10-12-14-16-25(33)35-23-19-28(5,6)31-29(7,8)20-23/h22-23,30-31H,9-21H2,1-8H3. The molecular formula is C29H54N2O4. The van der Waals surface area contributed by atoms with Crippen LogP contribution in [0.3, 0.4) is 0 Å². The quantitative estimate of drug-likeness (QED) is 0.254. The van der Waals surface area contributed by atoms with E-state index in [1.165, 1.54) is 0 Å². The first-order chi connectivity index (χ1) is 16.1. The van der Waals surface area contributed by atoms with Crippen LogP contribution < -0.4 is 10.6 Å². The van der Waals surface area contributed by atoms with Crippen molar-refractivity contribution in [2.45, 2.75) is 161 Å². The minimum absolute atomic E-state index is 0.00117. The summed E-state index contributed by atoms with van der Waals surface area (Å²) in [6, 6.07) is 0. The zero-order valence-corrected chi connectivity index (χ0v) is 24.0. The van der Waals surface area contributed by atoms with Crippen molar-refractivity contribution < 1.29 is 19.1 Å². The van der Waals surface area contributed by atoms with Crippen LogP contribution in [0, 0.1) is 5.92 Å². The third-order valence-electron chi connectivity index (χ3n) is 7.22. The molecule has 0 atom stereocenters. The predicted octanol–water partition coefficient (Wildman–Crippen LogP) is 6.06. The van der Waals surface area contributed by atoms with E-state index in [4.69, 9.17) is 9.47 Å². The number of carbonyl (C=O) groups is 2. The highest BCUT2D eigenvalue weighted by Gasteiger charge is 2.39. The van der Waals surface area contributed by atoms with E-state index in [2.05, 4.69) is 66.0 Å². The summed E-state index contributed by atoms with van der Waals surface area (Å²) in [5.41, 5.74) is 0.133. The molecule has 0 aromatic heterocycles. The second-order valence-corrected chi connectivity index (χ2v) is 13.9. The van der Waals surface area contributed by atoms with E-state index >= 15 is 0 Å². The Hall–Kier alpha value is -1.14. The van der Waals surface area contributed by atoms with Gasteiger partial charge in [-0.3, -0.25) is 9.59 Å². The van der Waals surface area contributed by atoms with Crippen molar-refractivity contribution in [2.75, 3.05) is 6.61 Å². The number of rotatable bonds is 12. The van der Waals surface area contributed by atoms with E-state index in [-0.39, 0.29) is 40.2 Å². The lowest BCUT2D eigenvalue weighted by molar-refractivity contribution is -0.153. The maximum Gasteiger partial charge on any atom is 0.306 e. The average molecular weight is 495 g/mol. The lowest BCUT2D eigenvalue weighted by atomic mass is 9.76. The maximum absolute atomic E-state index is 12.3. The largest absolute Gasteiger partial charge is 0.465 e. The van der Waals surface area contributed by atoms with E-state index < -0.39 is 0 Å². The molecule has 0 spiro atoms. The average Bonchev–Trinajstić information content (AvgIpc) is 2.63. The Labute approximate surface area is 215 Å². The number of hydrogen-bond donors (Lipinski definition) is 2. The molecule has 2 rings (SSSR count). The molecule has 0 aromatic carbocycles. The van der Waals surface area contributed by atoms with Gasteiger partial charge in [-0.15, -0.1) is 0 Å². The molecule has 0 amide bonds. The lowest BCUT2D eigenvalue weighted by Crippen LogP contribution is -2.59. The van der Waals surface area contributed by atoms with E-state index in [1.807, 2.05) is 0 Å². The molecule has 0 aliphatic carbocycles. The number of piperidine rings is 2. The van der Waals surface area contributed by atoms with Crippen LogP contribution in [-0.2, 0) is 19.1 Å². The van der Waals surface area contributed by atoms with Gasteiger partial charge in [-0.2, -0.15) is 0 Å². The van der Waals surface area contributed by atoms with E-state index in [0.29, 0.717) is 25.4 Å². The van der Waals surface area contributed by atoms with Gasteiger partial charge in [0.2, 0.25) is 0 Å². The number of nitrogens with one attached hydrogen (secondary N) is 2. The molecule has 0 saturated carbocycles. The summed E-state index contributed by atoms with van der Waals surface area (Å²) >= 11 is 0. The van der Waals surface area contributed by atoms with E-state index in [1.54, 1.807) is 0 Å². The van der Waals surface area contributed by atoms with Gasteiger partial charge in [-0.1, -0.05) is 25.7 Å². The Kier molecular flexibility index (Phi) is 10.7. The van der Waals surface area contributed by atoms with Crippen molar-refractivity contribution in [3.8, 4) is 0 Å². The Morgan fingerprint density at radius 1 is 0.629 bits per heavy atom. The molecule has 0 aromatic rings. The SMILES string of the molecule is CC1(C)CC(COC(=O)CCCCCCCCC(=O)OC2CC(C)(C)NC(C)(C)C2)CC(C)(C)N1. The van der Waals surface area contributed by atoms with Gasteiger partial charge in [0.1, 0.15) is 6.10 Å². The number of ether oxygens (including phenoxy) is 2. The summed E-state index contributed by atoms with van der Waals surface area (Å²) in [5, 5.41) is 7.30. The second-order valence-electron chi connectivity index (χ2n) is 13.9. The van der Waals surface area contributed by atoms with E-state index in [0.717, 1.165) is 64.2 Å². The van der Waals surface area contributed by atoms with Gasteiger partial charge in [0, 0.05) is 47.8 Å². The third kappa shape index (κ3) is 12.1.